The molecule has 0 spiro atoms. The molecule has 0 bridgehead atoms. The van der Waals surface area contributed by atoms with E-state index in [0.29, 0.717) is 6.54 Å². The Labute approximate surface area is 134 Å². The summed E-state index contributed by atoms with van der Waals surface area (Å²) in [6, 6.07) is 7.70. The first-order valence-electron chi connectivity index (χ1n) is 6.97. The van der Waals surface area contributed by atoms with Crippen LogP contribution in [-0.2, 0) is 11.2 Å². The Kier molecular flexibility index (Phi) is 5.37. The predicted octanol–water partition coefficient (Wildman–Crippen LogP) is 4.09. The number of aromatic nitrogens is 1. The average Bonchev–Trinajstić information content (AvgIpc) is 2.81. The van der Waals surface area contributed by atoms with Gasteiger partial charge in [0.15, 0.2) is 0 Å². The van der Waals surface area contributed by atoms with Crippen LogP contribution < -0.4 is 5.32 Å². The van der Waals surface area contributed by atoms with Crippen LogP contribution in [-0.4, -0.2) is 17.4 Å². The summed E-state index contributed by atoms with van der Waals surface area (Å²) in [4.78, 5) is 17.4. The summed E-state index contributed by atoms with van der Waals surface area (Å²) in [5.41, 5.74) is 2.11. The fraction of sp³-hybridized carbons (Fsp3) is 0.375. The molecule has 0 radical (unpaired) electrons. The summed E-state index contributed by atoms with van der Waals surface area (Å²) < 4.78 is 0. The van der Waals surface area contributed by atoms with Gasteiger partial charge in [0.2, 0.25) is 5.91 Å². The van der Waals surface area contributed by atoms with Gasteiger partial charge in [-0.15, -0.1) is 11.3 Å². The van der Waals surface area contributed by atoms with Gasteiger partial charge >= 0.3 is 0 Å². The molecule has 0 saturated heterocycles. The Morgan fingerprint density at radius 1 is 1.33 bits per heavy atom. The first-order valence-corrected chi connectivity index (χ1v) is 8.16. The second-order valence-corrected chi connectivity index (χ2v) is 6.75. The number of amides is 1. The van der Waals surface area contributed by atoms with Crippen LogP contribution in [0.5, 0.6) is 0 Å². The molecule has 1 aromatic heterocycles. The third kappa shape index (κ3) is 4.29. The lowest BCUT2D eigenvalue weighted by molar-refractivity contribution is -0.123. The standard InChI is InChI=1S/C16H19ClN2OS/c1-10(2)15(20)18-9-8-14-11(3)19-16(21-14)12-4-6-13(17)7-5-12/h4-7,10H,8-9H2,1-3H3,(H,18,20). The van der Waals surface area contributed by atoms with E-state index in [1.165, 1.54) is 4.88 Å². The summed E-state index contributed by atoms with van der Waals surface area (Å²) in [7, 11) is 0. The van der Waals surface area contributed by atoms with E-state index in [-0.39, 0.29) is 11.8 Å². The van der Waals surface area contributed by atoms with Gasteiger partial charge in [0, 0.05) is 34.3 Å². The van der Waals surface area contributed by atoms with Crippen molar-refractivity contribution in [3.63, 3.8) is 0 Å². The monoisotopic (exact) mass is 322 g/mol. The van der Waals surface area contributed by atoms with Gasteiger partial charge in [-0.3, -0.25) is 4.79 Å². The van der Waals surface area contributed by atoms with Crippen molar-refractivity contribution in [1.82, 2.24) is 10.3 Å². The van der Waals surface area contributed by atoms with Gasteiger partial charge in [-0.2, -0.15) is 0 Å². The molecule has 1 heterocycles. The summed E-state index contributed by atoms with van der Waals surface area (Å²) in [6.07, 6.45) is 0.815. The maximum Gasteiger partial charge on any atom is 0.222 e. The summed E-state index contributed by atoms with van der Waals surface area (Å²) in [5, 5.41) is 4.66. The number of carbonyl (C=O) groups excluding carboxylic acids is 1. The molecule has 0 aliphatic rings. The first-order chi connectivity index (χ1) is 9.97. The number of thiazole rings is 1. The molecular weight excluding hydrogens is 304 g/mol. The van der Waals surface area contributed by atoms with Gasteiger partial charge in [-0.1, -0.05) is 37.6 Å². The summed E-state index contributed by atoms with van der Waals surface area (Å²) >= 11 is 7.58. The largest absolute Gasteiger partial charge is 0.356 e. The Balaban J connectivity index is 2.02. The Bertz CT molecular complexity index is 620. The molecule has 1 aromatic carbocycles. The van der Waals surface area contributed by atoms with E-state index in [1.54, 1.807) is 11.3 Å². The van der Waals surface area contributed by atoms with Gasteiger partial charge in [-0.05, 0) is 19.1 Å². The number of hydrogen-bond acceptors (Lipinski definition) is 3. The Morgan fingerprint density at radius 2 is 2.00 bits per heavy atom. The second kappa shape index (κ2) is 7.05. The molecule has 0 atom stereocenters. The van der Waals surface area contributed by atoms with E-state index in [0.717, 1.165) is 27.7 Å². The van der Waals surface area contributed by atoms with E-state index in [1.807, 2.05) is 45.0 Å². The zero-order chi connectivity index (χ0) is 15.4. The molecule has 0 aliphatic heterocycles. The van der Waals surface area contributed by atoms with Gasteiger partial charge in [0.25, 0.3) is 0 Å². The van der Waals surface area contributed by atoms with Crippen molar-refractivity contribution >= 4 is 28.8 Å². The Morgan fingerprint density at radius 3 is 2.62 bits per heavy atom. The fourth-order valence-corrected chi connectivity index (χ4v) is 3.07. The minimum Gasteiger partial charge on any atom is -0.356 e. The summed E-state index contributed by atoms with van der Waals surface area (Å²) in [5.74, 6) is 0.118. The van der Waals surface area contributed by atoms with Gasteiger partial charge in [0.05, 0.1) is 5.69 Å². The predicted molar refractivity (Wildman–Crippen MR) is 88.8 cm³/mol. The highest BCUT2D eigenvalue weighted by atomic mass is 35.5. The molecule has 0 fully saturated rings. The van der Waals surface area contributed by atoms with Crippen molar-refractivity contribution in [2.24, 2.45) is 5.92 Å². The molecular formula is C16H19ClN2OS. The number of carbonyl (C=O) groups is 1. The highest BCUT2D eigenvalue weighted by molar-refractivity contribution is 7.15. The van der Waals surface area contributed by atoms with Crippen molar-refractivity contribution in [1.29, 1.82) is 0 Å². The SMILES string of the molecule is Cc1nc(-c2ccc(Cl)cc2)sc1CCNC(=O)C(C)C. The van der Waals surface area contributed by atoms with Crippen LogP contribution >= 0.6 is 22.9 Å². The number of nitrogens with one attached hydrogen (secondary N) is 1. The van der Waals surface area contributed by atoms with E-state index in [4.69, 9.17) is 11.6 Å². The van der Waals surface area contributed by atoms with Crippen LogP contribution in [0.1, 0.15) is 24.4 Å². The lowest BCUT2D eigenvalue weighted by atomic mass is 10.2. The molecule has 5 heteroatoms. The number of nitrogens with zero attached hydrogens (tertiary/aromatic N) is 1. The minimum absolute atomic E-state index is 0.0252. The van der Waals surface area contributed by atoms with E-state index in [2.05, 4.69) is 10.3 Å². The van der Waals surface area contributed by atoms with E-state index < -0.39 is 0 Å². The van der Waals surface area contributed by atoms with Crippen LogP contribution in [0.25, 0.3) is 10.6 Å². The van der Waals surface area contributed by atoms with Crippen molar-refractivity contribution in [2.45, 2.75) is 27.2 Å². The highest BCUT2D eigenvalue weighted by Gasteiger charge is 2.11. The topological polar surface area (TPSA) is 42.0 Å². The Hall–Kier alpha value is -1.39. The molecule has 112 valence electrons. The second-order valence-electron chi connectivity index (χ2n) is 5.23. The van der Waals surface area contributed by atoms with Crippen LogP contribution in [0.4, 0.5) is 0 Å². The zero-order valence-corrected chi connectivity index (χ0v) is 14.0. The van der Waals surface area contributed by atoms with Crippen LogP contribution in [0, 0.1) is 12.8 Å². The fourth-order valence-electron chi connectivity index (χ4n) is 1.88. The number of halogens is 1. The normalized spacial score (nSPS) is 10.9. The van der Waals surface area contributed by atoms with Gasteiger partial charge in [-0.25, -0.2) is 4.98 Å². The number of aryl methyl sites for hydroxylation is 1. The van der Waals surface area contributed by atoms with E-state index >= 15 is 0 Å². The average molecular weight is 323 g/mol. The maximum atomic E-state index is 11.5. The van der Waals surface area contributed by atoms with E-state index in [9.17, 15) is 4.79 Å². The van der Waals surface area contributed by atoms with Crippen molar-refractivity contribution in [2.75, 3.05) is 6.54 Å². The van der Waals surface area contributed by atoms with Crippen LogP contribution in [0.3, 0.4) is 0 Å². The molecule has 21 heavy (non-hydrogen) atoms. The van der Waals surface area contributed by atoms with Crippen molar-refractivity contribution in [3.8, 4) is 10.6 Å². The smallest absolute Gasteiger partial charge is 0.222 e. The quantitative estimate of drug-likeness (QED) is 0.901. The molecule has 1 amide bonds. The number of rotatable bonds is 5. The molecule has 3 nitrogen and oxygen atoms in total. The third-order valence-corrected chi connectivity index (χ3v) is 4.68. The lowest BCUT2D eigenvalue weighted by Gasteiger charge is -2.06. The highest BCUT2D eigenvalue weighted by Crippen LogP contribution is 2.28. The molecule has 0 saturated carbocycles. The minimum atomic E-state index is 0.0252. The number of hydrogen-bond donors (Lipinski definition) is 1. The first kappa shape index (κ1) is 16.0. The van der Waals surface area contributed by atoms with Gasteiger partial charge in [0.1, 0.15) is 5.01 Å². The molecule has 0 unspecified atom stereocenters. The zero-order valence-electron chi connectivity index (χ0n) is 12.4. The summed E-state index contributed by atoms with van der Waals surface area (Å²) in [6.45, 7) is 6.45. The molecule has 0 aliphatic carbocycles. The lowest BCUT2D eigenvalue weighted by Crippen LogP contribution is -2.29. The maximum absolute atomic E-state index is 11.5. The number of benzene rings is 1. The van der Waals surface area contributed by atoms with Gasteiger partial charge < -0.3 is 5.32 Å². The molecule has 2 aromatic rings. The van der Waals surface area contributed by atoms with Crippen molar-refractivity contribution in [3.05, 3.63) is 39.9 Å². The van der Waals surface area contributed by atoms with Crippen LogP contribution in [0.2, 0.25) is 5.02 Å². The van der Waals surface area contributed by atoms with Crippen LogP contribution in [0.15, 0.2) is 24.3 Å². The molecule has 2 rings (SSSR count). The third-order valence-electron chi connectivity index (χ3n) is 3.16. The van der Waals surface area contributed by atoms with Crippen molar-refractivity contribution < 1.29 is 4.79 Å². The molecule has 1 N–H and O–H groups in total.